The highest BCUT2D eigenvalue weighted by atomic mass is 35.5. The number of nitrogens with two attached hydrogens (primary N) is 1. The van der Waals surface area contributed by atoms with E-state index < -0.39 is 0 Å². The molecule has 0 spiro atoms. The quantitative estimate of drug-likeness (QED) is 0.832. The summed E-state index contributed by atoms with van der Waals surface area (Å²) in [5, 5.41) is 6.89. The van der Waals surface area contributed by atoms with Crippen LogP contribution in [-0.2, 0) is 6.54 Å². The van der Waals surface area contributed by atoms with Gasteiger partial charge in [-0.25, -0.2) is 0 Å². The van der Waals surface area contributed by atoms with Crippen LogP contribution < -0.4 is 5.73 Å². The van der Waals surface area contributed by atoms with E-state index in [-0.39, 0.29) is 5.91 Å². The Hall–Kier alpha value is -2.01. The van der Waals surface area contributed by atoms with Crippen molar-refractivity contribution in [2.45, 2.75) is 6.54 Å². The molecule has 1 heterocycles. The molecule has 5 nitrogen and oxygen atoms in total. The number of benzene rings is 1. The van der Waals surface area contributed by atoms with Crippen LogP contribution in [0.3, 0.4) is 0 Å². The smallest absolute Gasteiger partial charge is 0.255 e. The Balaban J connectivity index is 2.15. The number of hydrogen-bond donors (Lipinski definition) is 2. The van der Waals surface area contributed by atoms with E-state index in [1.54, 1.807) is 42.5 Å². The monoisotopic (exact) mass is 264 g/mol. The largest absolute Gasteiger partial charge is 0.399 e. The van der Waals surface area contributed by atoms with Gasteiger partial charge in [0.05, 0.1) is 16.8 Å². The van der Waals surface area contributed by atoms with Gasteiger partial charge in [0.1, 0.15) is 0 Å². The van der Waals surface area contributed by atoms with E-state index in [2.05, 4.69) is 10.2 Å². The van der Waals surface area contributed by atoms with Gasteiger partial charge in [0, 0.05) is 31.0 Å². The predicted molar refractivity (Wildman–Crippen MR) is 70.2 cm³/mol. The molecule has 18 heavy (non-hydrogen) atoms. The van der Waals surface area contributed by atoms with Gasteiger partial charge in [0.15, 0.2) is 0 Å². The van der Waals surface area contributed by atoms with E-state index >= 15 is 0 Å². The molecule has 0 unspecified atom stereocenters. The van der Waals surface area contributed by atoms with Gasteiger partial charge in [0.2, 0.25) is 0 Å². The van der Waals surface area contributed by atoms with Crippen LogP contribution in [0.5, 0.6) is 0 Å². The maximum Gasteiger partial charge on any atom is 0.255 e. The summed E-state index contributed by atoms with van der Waals surface area (Å²) in [4.78, 5) is 13.7. The van der Waals surface area contributed by atoms with Crippen molar-refractivity contribution in [1.29, 1.82) is 0 Å². The van der Waals surface area contributed by atoms with Crippen molar-refractivity contribution in [3.8, 4) is 0 Å². The third kappa shape index (κ3) is 2.62. The lowest BCUT2D eigenvalue weighted by Gasteiger charge is -2.17. The average molecular weight is 265 g/mol. The van der Waals surface area contributed by atoms with Gasteiger partial charge in [-0.3, -0.25) is 9.89 Å². The minimum atomic E-state index is -0.152. The van der Waals surface area contributed by atoms with Crippen LogP contribution in [-0.4, -0.2) is 28.1 Å². The fraction of sp³-hybridized carbons (Fsp3) is 0.167. The Morgan fingerprint density at radius 2 is 2.33 bits per heavy atom. The fourth-order valence-corrected chi connectivity index (χ4v) is 1.89. The van der Waals surface area contributed by atoms with Gasteiger partial charge >= 0.3 is 0 Å². The van der Waals surface area contributed by atoms with Gasteiger partial charge in [0.25, 0.3) is 5.91 Å². The van der Waals surface area contributed by atoms with Gasteiger partial charge in [-0.05, 0) is 18.2 Å². The summed E-state index contributed by atoms with van der Waals surface area (Å²) in [6.45, 7) is 0.468. The van der Waals surface area contributed by atoms with E-state index in [0.29, 0.717) is 22.8 Å². The first-order chi connectivity index (χ1) is 8.58. The number of nitrogens with zero attached hydrogens (tertiary/aromatic N) is 2. The SMILES string of the molecule is CN(Cc1cn[nH]c1)C(=O)c1ccc(N)cc1Cl. The first-order valence-corrected chi connectivity index (χ1v) is 5.74. The zero-order valence-corrected chi connectivity index (χ0v) is 10.6. The molecular weight excluding hydrogens is 252 g/mol. The second kappa shape index (κ2) is 5.10. The molecule has 0 fully saturated rings. The minimum Gasteiger partial charge on any atom is -0.399 e. The van der Waals surface area contributed by atoms with Crippen molar-refractivity contribution in [3.05, 3.63) is 46.7 Å². The van der Waals surface area contributed by atoms with Crippen LogP contribution >= 0.6 is 11.6 Å². The van der Waals surface area contributed by atoms with Crippen LogP contribution in [0.15, 0.2) is 30.6 Å². The van der Waals surface area contributed by atoms with E-state index in [9.17, 15) is 4.79 Å². The normalized spacial score (nSPS) is 10.3. The van der Waals surface area contributed by atoms with Crippen molar-refractivity contribution in [3.63, 3.8) is 0 Å². The number of H-pyrrole nitrogens is 1. The molecule has 0 atom stereocenters. The van der Waals surface area contributed by atoms with Crippen molar-refractivity contribution >= 4 is 23.2 Å². The topological polar surface area (TPSA) is 75.0 Å². The van der Waals surface area contributed by atoms with Crippen LogP contribution in [0.2, 0.25) is 5.02 Å². The highest BCUT2D eigenvalue weighted by molar-refractivity contribution is 6.34. The summed E-state index contributed by atoms with van der Waals surface area (Å²) in [7, 11) is 1.71. The second-order valence-electron chi connectivity index (χ2n) is 4.01. The van der Waals surface area contributed by atoms with Gasteiger partial charge < -0.3 is 10.6 Å². The van der Waals surface area contributed by atoms with Crippen LogP contribution in [0, 0.1) is 0 Å². The molecule has 0 radical (unpaired) electrons. The summed E-state index contributed by atoms with van der Waals surface area (Å²) in [6, 6.07) is 4.86. The molecule has 1 amide bonds. The lowest BCUT2D eigenvalue weighted by molar-refractivity contribution is 0.0785. The maximum atomic E-state index is 12.2. The molecule has 2 rings (SSSR count). The third-order valence-corrected chi connectivity index (χ3v) is 2.86. The van der Waals surface area contributed by atoms with Crippen molar-refractivity contribution < 1.29 is 4.79 Å². The second-order valence-corrected chi connectivity index (χ2v) is 4.41. The van der Waals surface area contributed by atoms with Crippen molar-refractivity contribution in [2.75, 3.05) is 12.8 Å². The van der Waals surface area contributed by atoms with E-state index in [1.807, 2.05) is 0 Å². The molecule has 0 saturated heterocycles. The Kier molecular flexibility index (Phi) is 3.53. The molecule has 1 aromatic heterocycles. The summed E-state index contributed by atoms with van der Waals surface area (Å²) in [6.07, 6.45) is 3.42. The molecule has 0 saturated carbocycles. The number of halogens is 1. The minimum absolute atomic E-state index is 0.152. The Morgan fingerprint density at radius 1 is 1.56 bits per heavy atom. The number of aromatic nitrogens is 2. The summed E-state index contributed by atoms with van der Waals surface area (Å²) >= 11 is 6.00. The maximum absolute atomic E-state index is 12.2. The molecule has 0 aliphatic heterocycles. The van der Waals surface area contributed by atoms with Crippen LogP contribution in [0.4, 0.5) is 5.69 Å². The number of anilines is 1. The first-order valence-electron chi connectivity index (χ1n) is 5.36. The van der Waals surface area contributed by atoms with Gasteiger partial charge in [-0.2, -0.15) is 5.10 Å². The number of rotatable bonds is 3. The van der Waals surface area contributed by atoms with Crippen LogP contribution in [0.1, 0.15) is 15.9 Å². The summed E-state index contributed by atoms with van der Waals surface area (Å²) < 4.78 is 0. The van der Waals surface area contributed by atoms with Gasteiger partial charge in [-0.1, -0.05) is 11.6 Å². The summed E-state index contributed by atoms with van der Waals surface area (Å²) in [5.41, 5.74) is 7.50. The zero-order chi connectivity index (χ0) is 13.1. The molecule has 0 aliphatic carbocycles. The fourth-order valence-electron chi connectivity index (χ4n) is 1.62. The van der Waals surface area contributed by atoms with Crippen molar-refractivity contribution in [1.82, 2.24) is 15.1 Å². The van der Waals surface area contributed by atoms with E-state index in [1.165, 1.54) is 0 Å². The lowest BCUT2D eigenvalue weighted by atomic mass is 10.1. The number of hydrogen-bond acceptors (Lipinski definition) is 3. The zero-order valence-electron chi connectivity index (χ0n) is 9.85. The molecule has 94 valence electrons. The molecular formula is C12H13ClN4O. The highest BCUT2D eigenvalue weighted by Crippen LogP contribution is 2.20. The summed E-state index contributed by atoms with van der Waals surface area (Å²) in [5.74, 6) is -0.152. The number of nitrogen functional groups attached to an aromatic ring is 1. The number of carbonyl (C=O) groups is 1. The van der Waals surface area contributed by atoms with E-state index in [4.69, 9.17) is 17.3 Å². The number of nitrogens with one attached hydrogen (secondary N) is 1. The van der Waals surface area contributed by atoms with Gasteiger partial charge in [-0.15, -0.1) is 0 Å². The number of amides is 1. The molecule has 6 heteroatoms. The third-order valence-electron chi connectivity index (χ3n) is 2.54. The number of aromatic amines is 1. The highest BCUT2D eigenvalue weighted by Gasteiger charge is 2.15. The number of carbonyl (C=O) groups excluding carboxylic acids is 1. The lowest BCUT2D eigenvalue weighted by Crippen LogP contribution is -2.26. The Morgan fingerprint density at radius 3 is 2.94 bits per heavy atom. The molecule has 2 aromatic rings. The molecule has 3 N–H and O–H groups in total. The first kappa shape index (κ1) is 12.4. The molecule has 1 aromatic carbocycles. The van der Waals surface area contributed by atoms with E-state index in [0.717, 1.165) is 5.56 Å². The molecule has 0 bridgehead atoms. The van der Waals surface area contributed by atoms with Crippen molar-refractivity contribution in [2.24, 2.45) is 0 Å². The Labute approximate surface area is 110 Å². The Bertz CT molecular complexity index is 553. The standard InChI is InChI=1S/C12H13ClN4O/c1-17(7-8-5-15-16-6-8)12(18)10-3-2-9(14)4-11(10)13/h2-6H,7,14H2,1H3,(H,15,16). The predicted octanol–water partition coefficient (Wildman–Crippen LogP) is 1.92. The molecule has 0 aliphatic rings. The van der Waals surface area contributed by atoms with Crippen LogP contribution in [0.25, 0.3) is 0 Å². The average Bonchev–Trinajstić information content (AvgIpc) is 2.81.